The summed E-state index contributed by atoms with van der Waals surface area (Å²) in [4.78, 5) is 27.1. The summed E-state index contributed by atoms with van der Waals surface area (Å²) in [5, 5.41) is 3.02. The van der Waals surface area contributed by atoms with Crippen molar-refractivity contribution in [3.8, 4) is 5.75 Å². The Bertz CT molecular complexity index is 1120. The number of piperidine rings is 1. The van der Waals surface area contributed by atoms with Crippen molar-refractivity contribution < 1.29 is 22.2 Å². The highest BCUT2D eigenvalue weighted by molar-refractivity contribution is 7.87. The van der Waals surface area contributed by atoms with Gasteiger partial charge in [-0.1, -0.05) is 12.1 Å². The van der Waals surface area contributed by atoms with Gasteiger partial charge in [-0.05, 0) is 81.0 Å². The summed E-state index contributed by atoms with van der Waals surface area (Å²) in [6.45, 7) is 4.54. The number of rotatable bonds is 6. The second-order valence-electron chi connectivity index (χ2n) is 8.70. The zero-order valence-corrected chi connectivity index (χ0v) is 19.2. The van der Waals surface area contributed by atoms with Crippen molar-refractivity contribution in [1.82, 2.24) is 10.2 Å². The first-order chi connectivity index (χ1) is 15.2. The van der Waals surface area contributed by atoms with Gasteiger partial charge in [0.2, 0.25) is 5.91 Å². The fraction of sp³-hybridized carbons (Fsp3) is 0.417. The Kier molecular flexibility index (Phi) is 6.24. The molecule has 7 nitrogen and oxygen atoms in total. The zero-order valence-electron chi connectivity index (χ0n) is 18.3. The van der Waals surface area contributed by atoms with Crippen LogP contribution in [0.3, 0.4) is 0 Å². The van der Waals surface area contributed by atoms with Crippen LogP contribution in [0.5, 0.6) is 5.75 Å². The SMILES string of the molecule is Cc1ccc(C)c(S(=O)(=O)Oc2ccc(C(=O)N3CCC[C@H](C(=O)NC4CC4)C3)cc2)c1. The van der Waals surface area contributed by atoms with Crippen LogP contribution in [0.1, 0.15) is 47.2 Å². The number of likely N-dealkylation sites (tertiary alicyclic amines) is 1. The molecule has 0 bridgehead atoms. The molecule has 0 unspecified atom stereocenters. The molecule has 32 heavy (non-hydrogen) atoms. The molecule has 8 heteroatoms. The van der Waals surface area contributed by atoms with Crippen LogP contribution < -0.4 is 9.50 Å². The Morgan fingerprint density at radius 1 is 1.03 bits per heavy atom. The number of hydrogen-bond donors (Lipinski definition) is 1. The number of hydrogen-bond acceptors (Lipinski definition) is 5. The molecule has 4 rings (SSSR count). The van der Waals surface area contributed by atoms with Crippen molar-refractivity contribution in [3.05, 3.63) is 59.2 Å². The number of nitrogens with one attached hydrogen (secondary N) is 1. The van der Waals surface area contributed by atoms with E-state index in [1.807, 2.05) is 13.0 Å². The Balaban J connectivity index is 1.42. The highest BCUT2D eigenvalue weighted by atomic mass is 32.2. The van der Waals surface area contributed by atoms with Crippen molar-refractivity contribution in [2.75, 3.05) is 13.1 Å². The molecule has 0 aromatic heterocycles. The van der Waals surface area contributed by atoms with Gasteiger partial charge in [0.25, 0.3) is 5.91 Å². The van der Waals surface area contributed by atoms with Crippen LogP contribution >= 0.6 is 0 Å². The molecule has 2 fully saturated rings. The Morgan fingerprint density at radius 2 is 1.75 bits per heavy atom. The zero-order chi connectivity index (χ0) is 22.9. The summed E-state index contributed by atoms with van der Waals surface area (Å²) in [7, 11) is -3.98. The summed E-state index contributed by atoms with van der Waals surface area (Å²) in [6.07, 6.45) is 3.64. The number of nitrogens with zero attached hydrogens (tertiary/aromatic N) is 1. The van der Waals surface area contributed by atoms with Crippen molar-refractivity contribution >= 4 is 21.9 Å². The van der Waals surface area contributed by atoms with Crippen LogP contribution in [0.4, 0.5) is 0 Å². The quantitative estimate of drug-likeness (QED) is 0.674. The molecule has 170 valence electrons. The van der Waals surface area contributed by atoms with Crippen LogP contribution in [0.15, 0.2) is 47.4 Å². The van der Waals surface area contributed by atoms with E-state index in [2.05, 4.69) is 5.32 Å². The van der Waals surface area contributed by atoms with Crippen LogP contribution in [-0.2, 0) is 14.9 Å². The lowest BCUT2D eigenvalue weighted by atomic mass is 9.96. The van der Waals surface area contributed by atoms with Crippen LogP contribution in [0.25, 0.3) is 0 Å². The molecule has 2 aromatic carbocycles. The topological polar surface area (TPSA) is 92.8 Å². The normalized spacial score (nSPS) is 18.8. The molecule has 1 aliphatic carbocycles. The van der Waals surface area contributed by atoms with E-state index in [1.54, 1.807) is 36.1 Å². The van der Waals surface area contributed by atoms with Crippen molar-refractivity contribution in [2.45, 2.75) is 50.5 Å². The van der Waals surface area contributed by atoms with Crippen LogP contribution in [0, 0.1) is 19.8 Å². The van der Waals surface area contributed by atoms with Crippen LogP contribution in [-0.4, -0.2) is 44.3 Å². The summed E-state index contributed by atoms with van der Waals surface area (Å²) in [6, 6.07) is 11.6. The highest BCUT2D eigenvalue weighted by Gasteiger charge is 2.32. The third-order valence-corrected chi connectivity index (χ3v) is 7.31. The van der Waals surface area contributed by atoms with Gasteiger partial charge in [-0.3, -0.25) is 9.59 Å². The average Bonchev–Trinajstić information content (AvgIpc) is 3.59. The lowest BCUT2D eigenvalue weighted by Gasteiger charge is -2.32. The lowest BCUT2D eigenvalue weighted by Crippen LogP contribution is -2.45. The minimum atomic E-state index is -3.98. The van der Waals surface area contributed by atoms with Crippen molar-refractivity contribution in [3.63, 3.8) is 0 Å². The van der Waals surface area contributed by atoms with E-state index >= 15 is 0 Å². The molecule has 2 amide bonds. The minimum absolute atomic E-state index is 0.0328. The highest BCUT2D eigenvalue weighted by Crippen LogP contribution is 2.25. The second kappa shape index (κ2) is 8.94. The predicted octanol–water partition coefficient (Wildman–Crippen LogP) is 3.20. The molecule has 0 spiro atoms. The number of amides is 2. The predicted molar refractivity (Wildman–Crippen MR) is 120 cm³/mol. The van der Waals surface area contributed by atoms with Gasteiger partial charge in [-0.25, -0.2) is 0 Å². The Hall–Kier alpha value is -2.87. The maximum absolute atomic E-state index is 12.9. The third-order valence-electron chi connectivity index (χ3n) is 5.92. The first-order valence-corrected chi connectivity index (χ1v) is 12.4. The molecule has 2 aliphatic rings. The molecule has 1 atom stereocenters. The fourth-order valence-electron chi connectivity index (χ4n) is 3.91. The maximum Gasteiger partial charge on any atom is 0.339 e. The van der Waals surface area contributed by atoms with E-state index in [1.165, 1.54) is 12.1 Å². The smallest absolute Gasteiger partial charge is 0.339 e. The molecule has 1 saturated carbocycles. The van der Waals surface area contributed by atoms with Gasteiger partial charge in [0, 0.05) is 24.7 Å². The van der Waals surface area contributed by atoms with Gasteiger partial charge in [0.1, 0.15) is 10.6 Å². The molecule has 1 N–H and O–H groups in total. The van der Waals surface area contributed by atoms with Gasteiger partial charge in [-0.2, -0.15) is 8.42 Å². The third kappa shape index (κ3) is 5.12. The molecule has 2 aromatic rings. The largest absolute Gasteiger partial charge is 0.379 e. The molecule has 1 saturated heterocycles. The molecule has 0 radical (unpaired) electrons. The van der Waals surface area contributed by atoms with E-state index < -0.39 is 10.1 Å². The fourth-order valence-corrected chi connectivity index (χ4v) is 5.15. The summed E-state index contributed by atoms with van der Waals surface area (Å²) in [5.74, 6) is -0.176. The Labute approximate surface area is 188 Å². The van der Waals surface area contributed by atoms with E-state index in [4.69, 9.17) is 4.18 Å². The van der Waals surface area contributed by atoms with Crippen molar-refractivity contribution in [1.29, 1.82) is 0 Å². The monoisotopic (exact) mass is 456 g/mol. The summed E-state index contributed by atoms with van der Waals surface area (Å²) < 4.78 is 30.7. The number of carbonyl (C=O) groups excluding carboxylic acids is 2. The van der Waals surface area contributed by atoms with Gasteiger partial charge in [-0.15, -0.1) is 0 Å². The molecular weight excluding hydrogens is 428 g/mol. The van der Waals surface area contributed by atoms with Gasteiger partial charge in [0.05, 0.1) is 5.92 Å². The molecule has 1 heterocycles. The van der Waals surface area contributed by atoms with Gasteiger partial charge >= 0.3 is 10.1 Å². The maximum atomic E-state index is 12.9. The molecular formula is C24H28N2O5S. The van der Waals surface area contributed by atoms with E-state index in [0.717, 1.165) is 31.2 Å². The summed E-state index contributed by atoms with van der Waals surface area (Å²) >= 11 is 0. The van der Waals surface area contributed by atoms with E-state index in [-0.39, 0.29) is 28.4 Å². The second-order valence-corrected chi connectivity index (χ2v) is 10.2. The van der Waals surface area contributed by atoms with Gasteiger partial charge in [0.15, 0.2) is 0 Å². The number of benzene rings is 2. The number of carbonyl (C=O) groups is 2. The minimum Gasteiger partial charge on any atom is -0.379 e. The first-order valence-electron chi connectivity index (χ1n) is 10.9. The lowest BCUT2D eigenvalue weighted by molar-refractivity contribution is -0.126. The average molecular weight is 457 g/mol. The molecule has 1 aliphatic heterocycles. The standard InChI is InChI=1S/C24H28N2O5S/c1-16-5-6-17(2)22(14-16)32(29,30)31-21-11-7-18(8-12-21)24(28)26-13-3-4-19(15-26)23(27)25-20-9-10-20/h5-8,11-12,14,19-20H,3-4,9-10,13,15H2,1-2H3,(H,25,27)/t19-/m0/s1. The first kappa shape index (κ1) is 22.3. The van der Waals surface area contributed by atoms with E-state index in [9.17, 15) is 18.0 Å². The van der Waals surface area contributed by atoms with Crippen LogP contribution in [0.2, 0.25) is 0 Å². The van der Waals surface area contributed by atoms with Gasteiger partial charge < -0.3 is 14.4 Å². The van der Waals surface area contributed by atoms with E-state index in [0.29, 0.717) is 30.3 Å². The Morgan fingerprint density at radius 3 is 2.44 bits per heavy atom. The summed E-state index contributed by atoms with van der Waals surface area (Å²) in [5.41, 5.74) is 1.86. The van der Waals surface area contributed by atoms with Crippen molar-refractivity contribution in [2.24, 2.45) is 5.92 Å². The number of aryl methyl sites for hydroxylation is 2.